The molecule has 1 aliphatic rings. The van der Waals surface area contributed by atoms with E-state index >= 15 is 0 Å². The lowest BCUT2D eigenvalue weighted by Gasteiger charge is -2.13. The number of anilines is 1. The van der Waals surface area contributed by atoms with Crippen molar-refractivity contribution in [1.82, 2.24) is 4.90 Å². The number of rotatable bonds is 13. The van der Waals surface area contributed by atoms with Crippen LogP contribution in [0, 0.1) is 11.7 Å². The van der Waals surface area contributed by atoms with E-state index in [0.717, 1.165) is 17.3 Å². The van der Waals surface area contributed by atoms with Crippen molar-refractivity contribution >= 4 is 46.7 Å². The number of carbonyl (C=O) groups excluding carboxylic acids is 2. The number of benzene rings is 3. The summed E-state index contributed by atoms with van der Waals surface area (Å²) in [5, 5.41) is 11.7. The number of carbonyl (C=O) groups is 2. The minimum Gasteiger partial charge on any atom is -0.493 e. The van der Waals surface area contributed by atoms with Gasteiger partial charge >= 0.3 is 0 Å². The topological polar surface area (TPSA) is 115 Å². The first kappa shape index (κ1) is 33.0. The molecule has 2 amide bonds. The maximum Gasteiger partial charge on any atom is 0.267 e. The Hall–Kier alpha value is -5.36. The number of amides is 2. The molecule has 0 aliphatic carbocycles. The van der Waals surface area contributed by atoms with Crippen LogP contribution < -0.4 is 19.5 Å². The second-order valence-electron chi connectivity index (χ2n) is 10.7. The van der Waals surface area contributed by atoms with E-state index in [1.807, 2.05) is 12.1 Å². The van der Waals surface area contributed by atoms with Gasteiger partial charge in [0.2, 0.25) is 0 Å². The van der Waals surface area contributed by atoms with Crippen molar-refractivity contribution in [2.75, 3.05) is 25.6 Å². The molecule has 0 bridgehead atoms. The number of nitrogens with zero attached hydrogens (tertiary/aromatic N) is 3. The van der Waals surface area contributed by atoms with Crippen LogP contribution in [0.3, 0.4) is 0 Å². The minimum absolute atomic E-state index is 0.155. The normalized spacial score (nSPS) is 14.8. The van der Waals surface area contributed by atoms with Gasteiger partial charge in [0.05, 0.1) is 37.6 Å². The van der Waals surface area contributed by atoms with E-state index in [1.165, 1.54) is 35.4 Å². The average Bonchev–Trinajstić information content (AvgIpc) is 3.69. The monoisotopic (exact) mass is 656 g/mol. The van der Waals surface area contributed by atoms with Gasteiger partial charge in [-0.2, -0.15) is 5.10 Å². The third-order valence-corrected chi connectivity index (χ3v) is 7.58. The molecule has 10 nitrogen and oxygen atoms in total. The van der Waals surface area contributed by atoms with Gasteiger partial charge in [0.1, 0.15) is 17.3 Å². The molecule has 0 spiro atoms. The summed E-state index contributed by atoms with van der Waals surface area (Å²) in [7, 11) is 1.58. The number of hydrogen-bond acceptors (Lipinski definition) is 9. The van der Waals surface area contributed by atoms with Crippen LogP contribution in [0.5, 0.6) is 17.2 Å². The number of thioether (sulfide) groups is 1. The Morgan fingerprint density at radius 1 is 1.02 bits per heavy atom. The summed E-state index contributed by atoms with van der Waals surface area (Å²) in [4.78, 5) is 27.9. The van der Waals surface area contributed by atoms with Crippen molar-refractivity contribution < 1.29 is 32.6 Å². The lowest BCUT2D eigenvalue weighted by Crippen LogP contribution is -2.28. The van der Waals surface area contributed by atoms with Gasteiger partial charge in [-0.25, -0.2) is 4.39 Å². The third-order valence-electron chi connectivity index (χ3n) is 6.58. The van der Waals surface area contributed by atoms with Crippen LogP contribution in [0.4, 0.5) is 10.1 Å². The summed E-state index contributed by atoms with van der Waals surface area (Å²) in [5.41, 5.74) is 1.77. The van der Waals surface area contributed by atoms with Gasteiger partial charge in [-0.3, -0.25) is 14.5 Å². The molecule has 4 aromatic rings. The summed E-state index contributed by atoms with van der Waals surface area (Å²) in [5.74, 6) is 1.45. The average molecular weight is 657 g/mol. The number of hydrogen-bond donors (Lipinski definition) is 1. The van der Waals surface area contributed by atoms with Gasteiger partial charge in [0.25, 0.3) is 11.8 Å². The second-order valence-corrected chi connectivity index (χ2v) is 11.7. The van der Waals surface area contributed by atoms with Crippen LogP contribution in [0.1, 0.15) is 30.7 Å². The predicted molar refractivity (Wildman–Crippen MR) is 180 cm³/mol. The molecule has 12 heteroatoms. The van der Waals surface area contributed by atoms with E-state index < -0.39 is 11.7 Å². The lowest BCUT2D eigenvalue weighted by atomic mass is 10.2. The fraction of sp³-hybridized carbons (Fsp3) is 0.200. The molecular formula is C35H33FN4O6S. The Labute approximate surface area is 275 Å². The highest BCUT2D eigenvalue weighted by atomic mass is 32.2. The summed E-state index contributed by atoms with van der Waals surface area (Å²) in [6.07, 6.45) is 4.79. The molecular weight excluding hydrogens is 623 g/mol. The summed E-state index contributed by atoms with van der Waals surface area (Å²) in [6, 6.07) is 21.5. The zero-order valence-corrected chi connectivity index (χ0v) is 26.8. The second kappa shape index (κ2) is 15.8. The van der Waals surface area contributed by atoms with Crippen LogP contribution >= 0.6 is 11.8 Å². The highest BCUT2D eigenvalue weighted by Crippen LogP contribution is 2.35. The fourth-order valence-electron chi connectivity index (χ4n) is 4.31. The van der Waals surface area contributed by atoms with Gasteiger partial charge in [-0.1, -0.05) is 32.0 Å². The number of ether oxygens (including phenoxy) is 3. The molecule has 1 N–H and O–H groups in total. The molecule has 1 saturated heterocycles. The zero-order chi connectivity index (χ0) is 33.2. The van der Waals surface area contributed by atoms with Gasteiger partial charge in [0, 0.05) is 11.3 Å². The SMILES string of the molecule is COc1cc(/C=N\N=C2\S/C(=C\c3ccccc3OCC(=O)Nc3ccc(F)cc3)C(=O)N2Cc2ccco2)ccc1OCC(C)C. The maximum absolute atomic E-state index is 13.6. The number of amidine groups is 1. The molecule has 1 aliphatic heterocycles. The lowest BCUT2D eigenvalue weighted by molar-refractivity contribution is -0.122. The highest BCUT2D eigenvalue weighted by molar-refractivity contribution is 8.18. The Kier molecular flexibility index (Phi) is 11.1. The first-order valence-electron chi connectivity index (χ1n) is 14.7. The molecule has 47 heavy (non-hydrogen) atoms. The molecule has 2 heterocycles. The van der Waals surface area contributed by atoms with Crippen LogP contribution in [0.15, 0.2) is 105 Å². The largest absolute Gasteiger partial charge is 0.493 e. The van der Waals surface area contributed by atoms with Crippen molar-refractivity contribution in [2.24, 2.45) is 16.1 Å². The molecule has 0 radical (unpaired) electrons. The predicted octanol–water partition coefficient (Wildman–Crippen LogP) is 6.99. The van der Waals surface area contributed by atoms with Gasteiger partial charge in [-0.05, 0) is 90.0 Å². The molecule has 1 fully saturated rings. The molecule has 0 unspecified atom stereocenters. The fourth-order valence-corrected chi connectivity index (χ4v) is 5.24. The minimum atomic E-state index is -0.419. The summed E-state index contributed by atoms with van der Waals surface area (Å²) in [6.45, 7) is 4.57. The first-order valence-corrected chi connectivity index (χ1v) is 15.5. The van der Waals surface area contributed by atoms with Crippen molar-refractivity contribution in [3.63, 3.8) is 0 Å². The number of halogens is 1. The number of para-hydroxylation sites is 1. The molecule has 0 saturated carbocycles. The summed E-state index contributed by atoms with van der Waals surface area (Å²) < 4.78 is 35.8. The number of methoxy groups -OCH3 is 1. The Balaban J connectivity index is 1.33. The number of furan rings is 1. The van der Waals surface area contributed by atoms with Crippen molar-refractivity contribution in [2.45, 2.75) is 20.4 Å². The standard InChI is InChI=1S/C35H33FN4O6S/c1-23(2)21-45-30-15-10-24(17-31(30)43-3)19-37-39-35-40(20-28-8-6-16-44-28)34(42)32(47-35)18-25-7-4-5-9-29(25)46-22-33(41)38-27-13-11-26(36)12-14-27/h4-19,23H,20-22H2,1-3H3,(H,38,41)/b32-18-,37-19-,39-35+. The highest BCUT2D eigenvalue weighted by Gasteiger charge is 2.34. The zero-order valence-electron chi connectivity index (χ0n) is 26.0. The molecule has 242 valence electrons. The van der Waals surface area contributed by atoms with Gasteiger partial charge < -0.3 is 23.9 Å². The third kappa shape index (κ3) is 9.10. The van der Waals surface area contributed by atoms with E-state index in [9.17, 15) is 14.0 Å². The maximum atomic E-state index is 13.6. The van der Waals surface area contributed by atoms with Gasteiger partial charge in [0.15, 0.2) is 23.3 Å². The van der Waals surface area contributed by atoms with Crippen LogP contribution in [0.2, 0.25) is 0 Å². The van der Waals surface area contributed by atoms with Crippen molar-refractivity contribution in [1.29, 1.82) is 0 Å². The quantitative estimate of drug-likeness (QED) is 0.0938. The van der Waals surface area contributed by atoms with Crippen LogP contribution in [-0.4, -0.2) is 48.4 Å². The molecule has 5 rings (SSSR count). The van der Waals surface area contributed by atoms with Crippen molar-refractivity contribution in [3.05, 3.63) is 113 Å². The van der Waals surface area contributed by atoms with Crippen molar-refractivity contribution in [3.8, 4) is 17.2 Å². The Morgan fingerprint density at radius 2 is 1.83 bits per heavy atom. The molecule has 0 atom stereocenters. The summed E-state index contributed by atoms with van der Waals surface area (Å²) >= 11 is 1.16. The number of nitrogens with one attached hydrogen (secondary N) is 1. The van der Waals surface area contributed by atoms with Crippen LogP contribution in [0.25, 0.3) is 6.08 Å². The van der Waals surface area contributed by atoms with E-state index in [-0.39, 0.29) is 19.1 Å². The van der Waals surface area contributed by atoms with E-state index in [0.29, 0.717) is 56.9 Å². The van der Waals surface area contributed by atoms with E-state index in [4.69, 9.17) is 18.6 Å². The Morgan fingerprint density at radius 3 is 2.57 bits per heavy atom. The van der Waals surface area contributed by atoms with E-state index in [2.05, 4.69) is 29.4 Å². The molecule has 3 aromatic carbocycles. The first-order chi connectivity index (χ1) is 22.8. The van der Waals surface area contributed by atoms with E-state index in [1.54, 1.807) is 61.9 Å². The Bertz CT molecular complexity index is 1790. The molecule has 1 aromatic heterocycles. The smallest absolute Gasteiger partial charge is 0.267 e. The van der Waals surface area contributed by atoms with Crippen LogP contribution in [-0.2, 0) is 16.1 Å². The van der Waals surface area contributed by atoms with Gasteiger partial charge in [-0.15, -0.1) is 5.10 Å².